The standard InChI is InChI=1S/C21H31N7O4.HI/c1-25(2)20(30)14-23-21(22-13-16-3-7-18(8-4-16)28(31)32)27-11-9-26(10-12-27)15-19(29)24-17-5-6-17;/h3-4,7-8,17H,5-6,9-15H2,1-2H3,(H,22,23)(H,24,29);1H. The van der Waals surface area contributed by atoms with Gasteiger partial charge >= 0.3 is 0 Å². The summed E-state index contributed by atoms with van der Waals surface area (Å²) in [5.41, 5.74) is 0.874. The normalized spacial score (nSPS) is 16.5. The molecule has 1 heterocycles. The highest BCUT2D eigenvalue weighted by Gasteiger charge is 2.26. The number of aliphatic imine (C=N–C) groups is 1. The molecule has 3 rings (SSSR count). The van der Waals surface area contributed by atoms with E-state index in [1.807, 2.05) is 0 Å². The van der Waals surface area contributed by atoms with Crippen molar-refractivity contribution in [3.63, 3.8) is 0 Å². The predicted molar refractivity (Wildman–Crippen MR) is 136 cm³/mol. The summed E-state index contributed by atoms with van der Waals surface area (Å²) < 4.78 is 0. The summed E-state index contributed by atoms with van der Waals surface area (Å²) in [6, 6.07) is 6.64. The third kappa shape index (κ3) is 8.76. The average Bonchev–Trinajstić information content (AvgIpc) is 3.58. The van der Waals surface area contributed by atoms with E-state index in [1.54, 1.807) is 26.2 Å². The average molecular weight is 573 g/mol. The van der Waals surface area contributed by atoms with Gasteiger partial charge in [-0.15, -0.1) is 24.0 Å². The van der Waals surface area contributed by atoms with Gasteiger partial charge in [0, 0.05) is 58.4 Å². The third-order valence-corrected chi connectivity index (χ3v) is 5.44. The van der Waals surface area contributed by atoms with E-state index in [0.29, 0.717) is 38.2 Å². The summed E-state index contributed by atoms with van der Waals surface area (Å²) in [7, 11) is 3.40. The second kappa shape index (κ2) is 12.7. The highest BCUT2D eigenvalue weighted by atomic mass is 127. The lowest BCUT2D eigenvalue weighted by Gasteiger charge is -2.36. The Morgan fingerprint density at radius 2 is 1.79 bits per heavy atom. The number of nitro groups is 1. The molecule has 1 aliphatic carbocycles. The number of hydrogen-bond acceptors (Lipinski definition) is 6. The lowest BCUT2D eigenvalue weighted by Crippen LogP contribution is -2.55. The smallest absolute Gasteiger partial charge is 0.269 e. The Balaban J connectivity index is 0.00000385. The van der Waals surface area contributed by atoms with Gasteiger partial charge in [0.1, 0.15) is 0 Å². The molecule has 1 aromatic carbocycles. The molecule has 1 saturated heterocycles. The molecule has 2 aliphatic rings. The summed E-state index contributed by atoms with van der Waals surface area (Å²) >= 11 is 0. The Kier molecular flexibility index (Phi) is 10.3. The molecule has 0 radical (unpaired) electrons. The quantitative estimate of drug-likeness (QED) is 0.154. The Bertz CT molecular complexity index is 851. The molecule has 182 valence electrons. The maximum absolute atomic E-state index is 12.1. The van der Waals surface area contributed by atoms with Gasteiger partial charge in [-0.1, -0.05) is 12.1 Å². The van der Waals surface area contributed by atoms with Crippen LogP contribution in [0.5, 0.6) is 0 Å². The first kappa shape index (κ1) is 26.8. The minimum Gasteiger partial charge on any atom is -0.352 e. The molecule has 0 spiro atoms. The van der Waals surface area contributed by atoms with E-state index in [-0.39, 0.29) is 48.0 Å². The van der Waals surface area contributed by atoms with E-state index in [2.05, 4.69) is 25.4 Å². The molecule has 1 aliphatic heterocycles. The van der Waals surface area contributed by atoms with Crippen molar-refractivity contribution in [2.75, 3.05) is 53.4 Å². The van der Waals surface area contributed by atoms with Crippen molar-refractivity contribution in [3.05, 3.63) is 39.9 Å². The van der Waals surface area contributed by atoms with Crippen molar-refractivity contribution in [2.24, 2.45) is 4.99 Å². The van der Waals surface area contributed by atoms with Crippen LogP contribution < -0.4 is 10.6 Å². The lowest BCUT2D eigenvalue weighted by molar-refractivity contribution is -0.384. The Hall–Kier alpha value is -2.48. The number of likely N-dealkylation sites (N-methyl/N-ethyl adjacent to an activating group) is 1. The van der Waals surface area contributed by atoms with Crippen LogP contribution in [0.1, 0.15) is 18.4 Å². The van der Waals surface area contributed by atoms with E-state index in [4.69, 9.17) is 0 Å². The largest absolute Gasteiger partial charge is 0.352 e. The van der Waals surface area contributed by atoms with E-state index >= 15 is 0 Å². The minimum atomic E-state index is -0.433. The lowest BCUT2D eigenvalue weighted by atomic mass is 10.2. The molecule has 2 amide bonds. The van der Waals surface area contributed by atoms with Crippen LogP contribution in [0.4, 0.5) is 5.69 Å². The van der Waals surface area contributed by atoms with Crippen molar-refractivity contribution in [2.45, 2.75) is 25.4 Å². The summed E-state index contributed by atoms with van der Waals surface area (Å²) in [6.07, 6.45) is 2.15. The second-order valence-corrected chi connectivity index (χ2v) is 8.31. The number of benzene rings is 1. The zero-order valence-corrected chi connectivity index (χ0v) is 21.4. The minimum absolute atomic E-state index is 0. The van der Waals surface area contributed by atoms with Gasteiger partial charge in [-0.3, -0.25) is 24.6 Å². The summed E-state index contributed by atoms with van der Waals surface area (Å²) in [5, 5.41) is 17.0. The number of piperazine rings is 1. The topological polar surface area (TPSA) is 123 Å². The molecular weight excluding hydrogens is 541 g/mol. The predicted octanol–water partition coefficient (Wildman–Crippen LogP) is 0.643. The SMILES string of the molecule is CN(C)C(=O)CNC(=NCc1ccc([N+](=O)[O-])cc1)N1CCN(CC(=O)NC2CC2)CC1.I. The van der Waals surface area contributed by atoms with Crippen LogP contribution in [0.2, 0.25) is 0 Å². The molecule has 33 heavy (non-hydrogen) atoms. The van der Waals surface area contributed by atoms with Gasteiger partial charge in [-0.05, 0) is 18.4 Å². The van der Waals surface area contributed by atoms with Crippen molar-refractivity contribution in [1.82, 2.24) is 25.3 Å². The molecule has 2 N–H and O–H groups in total. The Labute approximate surface area is 210 Å². The van der Waals surface area contributed by atoms with Crippen LogP contribution in [0.15, 0.2) is 29.3 Å². The third-order valence-electron chi connectivity index (χ3n) is 5.44. The van der Waals surface area contributed by atoms with Gasteiger partial charge in [0.05, 0.1) is 24.6 Å². The van der Waals surface area contributed by atoms with Crippen LogP contribution in [0, 0.1) is 10.1 Å². The van der Waals surface area contributed by atoms with Gasteiger partial charge < -0.3 is 20.4 Å². The Morgan fingerprint density at radius 3 is 2.33 bits per heavy atom. The van der Waals surface area contributed by atoms with Crippen LogP contribution in [0.3, 0.4) is 0 Å². The van der Waals surface area contributed by atoms with Crippen molar-refractivity contribution < 1.29 is 14.5 Å². The number of hydrogen-bond donors (Lipinski definition) is 2. The zero-order valence-electron chi connectivity index (χ0n) is 19.0. The van der Waals surface area contributed by atoms with Crippen LogP contribution in [0.25, 0.3) is 0 Å². The fourth-order valence-corrected chi connectivity index (χ4v) is 3.29. The second-order valence-electron chi connectivity index (χ2n) is 8.31. The number of carbonyl (C=O) groups excluding carboxylic acids is 2. The van der Waals surface area contributed by atoms with E-state index < -0.39 is 4.92 Å². The zero-order chi connectivity index (χ0) is 23.1. The maximum atomic E-state index is 12.1. The molecule has 1 saturated carbocycles. The molecule has 2 fully saturated rings. The van der Waals surface area contributed by atoms with Crippen LogP contribution in [-0.2, 0) is 16.1 Å². The first-order valence-electron chi connectivity index (χ1n) is 10.8. The van der Waals surface area contributed by atoms with Crippen LogP contribution >= 0.6 is 24.0 Å². The monoisotopic (exact) mass is 573 g/mol. The number of nitrogens with one attached hydrogen (secondary N) is 2. The highest BCUT2D eigenvalue weighted by Crippen LogP contribution is 2.18. The summed E-state index contributed by atoms with van der Waals surface area (Å²) in [6.45, 7) is 3.65. The van der Waals surface area contributed by atoms with E-state index in [1.165, 1.54) is 17.0 Å². The Morgan fingerprint density at radius 1 is 1.15 bits per heavy atom. The number of halogens is 1. The van der Waals surface area contributed by atoms with Gasteiger partial charge in [0.2, 0.25) is 11.8 Å². The highest BCUT2D eigenvalue weighted by molar-refractivity contribution is 14.0. The van der Waals surface area contributed by atoms with Crippen molar-refractivity contribution >= 4 is 47.4 Å². The first-order chi connectivity index (χ1) is 15.3. The first-order valence-corrected chi connectivity index (χ1v) is 10.8. The maximum Gasteiger partial charge on any atom is 0.269 e. The molecule has 0 aromatic heterocycles. The number of rotatable bonds is 8. The molecule has 11 nitrogen and oxygen atoms in total. The number of guanidine groups is 1. The van der Waals surface area contributed by atoms with Crippen LogP contribution in [-0.4, -0.2) is 96.8 Å². The van der Waals surface area contributed by atoms with E-state index in [9.17, 15) is 19.7 Å². The molecular formula is C21H32IN7O4. The fraction of sp³-hybridized carbons (Fsp3) is 0.571. The number of carbonyl (C=O) groups is 2. The fourth-order valence-electron chi connectivity index (χ4n) is 3.29. The summed E-state index contributed by atoms with van der Waals surface area (Å²) in [5.74, 6) is 0.617. The van der Waals surface area contributed by atoms with Gasteiger partial charge in [-0.25, -0.2) is 4.99 Å². The number of nitrogens with zero attached hydrogens (tertiary/aromatic N) is 5. The summed E-state index contributed by atoms with van der Waals surface area (Å²) in [4.78, 5) is 44.9. The van der Waals surface area contributed by atoms with Gasteiger partial charge in [-0.2, -0.15) is 0 Å². The molecule has 1 aromatic rings. The van der Waals surface area contributed by atoms with Crippen molar-refractivity contribution in [3.8, 4) is 0 Å². The van der Waals surface area contributed by atoms with Gasteiger partial charge in [0.15, 0.2) is 5.96 Å². The molecule has 0 unspecified atom stereocenters. The van der Waals surface area contributed by atoms with E-state index in [0.717, 1.165) is 31.5 Å². The van der Waals surface area contributed by atoms with Crippen molar-refractivity contribution in [1.29, 1.82) is 0 Å². The number of non-ortho nitro benzene ring substituents is 1. The molecule has 0 atom stereocenters. The number of nitro benzene ring substituents is 1. The molecule has 0 bridgehead atoms. The molecule has 12 heteroatoms. The number of amides is 2. The van der Waals surface area contributed by atoms with Gasteiger partial charge in [0.25, 0.3) is 5.69 Å².